The predicted octanol–water partition coefficient (Wildman–Crippen LogP) is 1.93. The van der Waals surface area contributed by atoms with Gasteiger partial charge < -0.3 is 14.9 Å². The highest BCUT2D eigenvalue weighted by atomic mass is 16.4. The van der Waals surface area contributed by atoms with Gasteiger partial charge in [-0.05, 0) is 37.7 Å². The van der Waals surface area contributed by atoms with Crippen LogP contribution >= 0.6 is 0 Å². The van der Waals surface area contributed by atoms with Crippen molar-refractivity contribution in [2.24, 2.45) is 5.92 Å². The van der Waals surface area contributed by atoms with Gasteiger partial charge in [0.1, 0.15) is 6.54 Å². The van der Waals surface area contributed by atoms with Crippen LogP contribution in [0.3, 0.4) is 0 Å². The molecule has 3 rings (SSSR count). The first-order valence-corrected chi connectivity index (χ1v) is 9.38. The molecule has 6 nitrogen and oxygen atoms in total. The second kappa shape index (κ2) is 8.34. The fourth-order valence-electron chi connectivity index (χ4n) is 3.58. The Balaban J connectivity index is 1.46. The summed E-state index contributed by atoms with van der Waals surface area (Å²) in [5, 5.41) is 9.03. The van der Waals surface area contributed by atoms with E-state index < -0.39 is 5.97 Å². The molecule has 0 radical (unpaired) electrons. The minimum Gasteiger partial charge on any atom is -0.480 e. The summed E-state index contributed by atoms with van der Waals surface area (Å²) in [7, 11) is 0. The largest absolute Gasteiger partial charge is 0.480 e. The lowest BCUT2D eigenvalue weighted by molar-refractivity contribution is -0.148. The average molecular weight is 358 g/mol. The van der Waals surface area contributed by atoms with Gasteiger partial charge in [0.25, 0.3) is 0 Å². The van der Waals surface area contributed by atoms with Crippen molar-refractivity contribution in [3.05, 3.63) is 35.9 Å². The molecule has 1 saturated carbocycles. The van der Waals surface area contributed by atoms with Gasteiger partial charge in [-0.25, -0.2) is 0 Å². The van der Waals surface area contributed by atoms with Gasteiger partial charge in [0.05, 0.1) is 0 Å². The highest BCUT2D eigenvalue weighted by Gasteiger charge is 2.38. The third kappa shape index (κ3) is 4.84. The fraction of sp³-hybridized carbons (Fsp3) is 0.550. The zero-order valence-corrected chi connectivity index (χ0v) is 15.0. The van der Waals surface area contributed by atoms with Crippen molar-refractivity contribution in [3.8, 4) is 0 Å². The van der Waals surface area contributed by atoms with E-state index in [9.17, 15) is 14.4 Å². The molecule has 1 heterocycles. The van der Waals surface area contributed by atoms with Gasteiger partial charge in [-0.3, -0.25) is 14.4 Å². The van der Waals surface area contributed by atoms with Crippen molar-refractivity contribution in [1.29, 1.82) is 0 Å². The lowest BCUT2D eigenvalue weighted by Crippen LogP contribution is -2.46. The van der Waals surface area contributed by atoms with Crippen molar-refractivity contribution in [2.45, 2.75) is 44.6 Å². The van der Waals surface area contributed by atoms with Crippen LogP contribution in [-0.4, -0.2) is 58.4 Å². The molecule has 1 saturated heterocycles. The van der Waals surface area contributed by atoms with Gasteiger partial charge in [-0.15, -0.1) is 0 Å². The highest BCUT2D eigenvalue weighted by molar-refractivity contribution is 5.84. The number of carbonyl (C=O) groups excluding carboxylic acids is 2. The molecule has 6 heteroatoms. The van der Waals surface area contributed by atoms with E-state index in [0.717, 1.165) is 24.8 Å². The molecular formula is C20H26N2O4. The summed E-state index contributed by atoms with van der Waals surface area (Å²) in [6, 6.07) is 10.0. The fourth-order valence-corrected chi connectivity index (χ4v) is 3.58. The predicted molar refractivity (Wildman–Crippen MR) is 96.4 cm³/mol. The minimum absolute atomic E-state index is 0.0497. The summed E-state index contributed by atoms with van der Waals surface area (Å²) in [4.78, 5) is 39.4. The SMILES string of the molecule is O=C(O)CN(C(=O)C1CCN(C(=O)CCc2ccccc2)CC1)C1CC1. The zero-order valence-electron chi connectivity index (χ0n) is 15.0. The number of aryl methyl sites for hydroxylation is 1. The number of benzene rings is 1. The summed E-state index contributed by atoms with van der Waals surface area (Å²) in [6.45, 7) is 0.949. The molecule has 1 N–H and O–H groups in total. The van der Waals surface area contributed by atoms with Crippen LogP contribution in [0.25, 0.3) is 0 Å². The normalized spacial score (nSPS) is 17.8. The molecule has 0 aromatic heterocycles. The van der Waals surface area contributed by atoms with E-state index >= 15 is 0 Å². The molecule has 2 amide bonds. The molecule has 1 aliphatic heterocycles. The molecule has 1 aromatic carbocycles. The maximum absolute atomic E-state index is 12.7. The smallest absolute Gasteiger partial charge is 0.323 e. The van der Waals surface area contributed by atoms with Crippen LogP contribution in [0, 0.1) is 5.92 Å². The van der Waals surface area contributed by atoms with E-state index in [2.05, 4.69) is 0 Å². The molecule has 140 valence electrons. The van der Waals surface area contributed by atoms with Gasteiger partial charge in [0.2, 0.25) is 11.8 Å². The van der Waals surface area contributed by atoms with Crippen LogP contribution in [0.4, 0.5) is 0 Å². The number of carbonyl (C=O) groups is 3. The standard InChI is InChI=1S/C20H26N2O4/c23-18(9-6-15-4-2-1-3-5-15)21-12-10-16(11-13-21)20(26)22(14-19(24)25)17-7-8-17/h1-5,16-17H,6-14H2,(H,24,25). The first kappa shape index (κ1) is 18.4. The number of piperidine rings is 1. The number of likely N-dealkylation sites (tertiary alicyclic amines) is 1. The van der Waals surface area contributed by atoms with Gasteiger partial charge >= 0.3 is 5.97 Å². The average Bonchev–Trinajstić information content (AvgIpc) is 3.49. The van der Waals surface area contributed by atoms with E-state index in [1.165, 1.54) is 4.90 Å². The van der Waals surface area contributed by atoms with Crippen LogP contribution in [-0.2, 0) is 20.8 Å². The molecule has 0 unspecified atom stereocenters. The van der Waals surface area contributed by atoms with Crippen molar-refractivity contribution in [1.82, 2.24) is 9.80 Å². The number of carboxylic acids is 1. The Morgan fingerprint density at radius 3 is 2.27 bits per heavy atom. The van der Waals surface area contributed by atoms with Gasteiger partial charge in [-0.2, -0.15) is 0 Å². The molecule has 2 aliphatic rings. The molecule has 2 fully saturated rings. The van der Waals surface area contributed by atoms with Crippen molar-refractivity contribution < 1.29 is 19.5 Å². The van der Waals surface area contributed by atoms with E-state index in [4.69, 9.17) is 5.11 Å². The number of rotatable bonds is 7. The quantitative estimate of drug-likeness (QED) is 0.808. The van der Waals surface area contributed by atoms with Gasteiger partial charge in [0, 0.05) is 31.5 Å². The minimum atomic E-state index is -0.959. The monoisotopic (exact) mass is 358 g/mol. The Bertz CT molecular complexity index is 649. The number of nitrogens with zero attached hydrogens (tertiary/aromatic N) is 2. The van der Waals surface area contributed by atoms with Crippen LogP contribution < -0.4 is 0 Å². The van der Waals surface area contributed by atoms with Crippen molar-refractivity contribution in [3.63, 3.8) is 0 Å². The Hall–Kier alpha value is -2.37. The summed E-state index contributed by atoms with van der Waals surface area (Å²) >= 11 is 0. The maximum Gasteiger partial charge on any atom is 0.323 e. The van der Waals surface area contributed by atoms with Gasteiger partial charge in [0.15, 0.2) is 0 Å². The Morgan fingerprint density at radius 2 is 1.69 bits per heavy atom. The molecule has 26 heavy (non-hydrogen) atoms. The lowest BCUT2D eigenvalue weighted by atomic mass is 9.94. The first-order valence-electron chi connectivity index (χ1n) is 9.38. The molecular weight excluding hydrogens is 332 g/mol. The Kier molecular flexibility index (Phi) is 5.91. The number of aliphatic carboxylic acids is 1. The topological polar surface area (TPSA) is 77.9 Å². The highest BCUT2D eigenvalue weighted by Crippen LogP contribution is 2.30. The summed E-state index contributed by atoms with van der Waals surface area (Å²) in [5.74, 6) is -1.04. The van der Waals surface area contributed by atoms with Crippen LogP contribution in [0.15, 0.2) is 30.3 Å². The summed E-state index contributed by atoms with van der Waals surface area (Å²) in [6.07, 6.45) is 4.26. The number of carboxylic acid groups (broad SMARTS) is 1. The van der Waals surface area contributed by atoms with Crippen LogP contribution in [0.2, 0.25) is 0 Å². The zero-order chi connectivity index (χ0) is 18.5. The third-order valence-corrected chi connectivity index (χ3v) is 5.24. The van der Waals surface area contributed by atoms with Crippen LogP contribution in [0.5, 0.6) is 0 Å². The van der Waals surface area contributed by atoms with E-state index in [-0.39, 0.29) is 30.3 Å². The molecule has 1 aromatic rings. The second-order valence-corrected chi connectivity index (χ2v) is 7.23. The first-order chi connectivity index (χ1) is 12.5. The molecule has 0 spiro atoms. The summed E-state index contributed by atoms with van der Waals surface area (Å²) < 4.78 is 0. The van der Waals surface area contributed by atoms with Crippen molar-refractivity contribution in [2.75, 3.05) is 19.6 Å². The second-order valence-electron chi connectivity index (χ2n) is 7.23. The molecule has 0 bridgehead atoms. The Labute approximate surface area is 153 Å². The van der Waals surface area contributed by atoms with Gasteiger partial charge in [-0.1, -0.05) is 30.3 Å². The Morgan fingerprint density at radius 1 is 1.04 bits per heavy atom. The molecule has 1 aliphatic carbocycles. The summed E-state index contributed by atoms with van der Waals surface area (Å²) in [5.41, 5.74) is 1.15. The van der Waals surface area contributed by atoms with Crippen LogP contribution in [0.1, 0.15) is 37.7 Å². The maximum atomic E-state index is 12.7. The molecule has 0 atom stereocenters. The lowest BCUT2D eigenvalue weighted by Gasteiger charge is -2.34. The van der Waals surface area contributed by atoms with E-state index in [1.807, 2.05) is 35.2 Å². The third-order valence-electron chi connectivity index (χ3n) is 5.24. The van der Waals surface area contributed by atoms with E-state index in [0.29, 0.717) is 32.4 Å². The van der Waals surface area contributed by atoms with E-state index in [1.54, 1.807) is 0 Å². The number of hydrogen-bond donors (Lipinski definition) is 1. The van der Waals surface area contributed by atoms with Crippen molar-refractivity contribution >= 4 is 17.8 Å². The number of hydrogen-bond acceptors (Lipinski definition) is 3. The number of amides is 2.